The molecule has 1 rings (SSSR count). The zero-order valence-electron chi connectivity index (χ0n) is 8.75. The summed E-state index contributed by atoms with van der Waals surface area (Å²) in [6.07, 6.45) is 1.83. The van der Waals surface area contributed by atoms with E-state index in [0.29, 0.717) is 11.8 Å². The number of hydrogen-bond donors (Lipinski definition) is 0. The van der Waals surface area contributed by atoms with Crippen LogP contribution in [0.5, 0.6) is 0 Å². The van der Waals surface area contributed by atoms with Crippen LogP contribution in [0.4, 0.5) is 0 Å². The first-order chi connectivity index (χ1) is 6.63. The standard InChI is InChI=1S/C10H15ClN2S/c1-7(4-11)6-14-10-5-12-8(2)9(3)13-10/h5,7H,4,6H2,1-3H3. The molecule has 4 heteroatoms. The second kappa shape index (κ2) is 5.56. The fourth-order valence-corrected chi connectivity index (χ4v) is 2.00. The molecule has 0 radical (unpaired) electrons. The molecular formula is C10H15ClN2S. The van der Waals surface area contributed by atoms with Gasteiger partial charge in [0.1, 0.15) is 5.03 Å². The van der Waals surface area contributed by atoms with Crippen molar-refractivity contribution < 1.29 is 0 Å². The Morgan fingerprint density at radius 2 is 2.14 bits per heavy atom. The SMILES string of the molecule is Cc1ncc(SCC(C)CCl)nc1C. The fraction of sp³-hybridized carbons (Fsp3) is 0.600. The predicted molar refractivity (Wildman–Crippen MR) is 62.1 cm³/mol. The van der Waals surface area contributed by atoms with Crippen molar-refractivity contribution in [3.8, 4) is 0 Å². The van der Waals surface area contributed by atoms with E-state index in [2.05, 4.69) is 16.9 Å². The monoisotopic (exact) mass is 230 g/mol. The van der Waals surface area contributed by atoms with Gasteiger partial charge in [0.15, 0.2) is 0 Å². The van der Waals surface area contributed by atoms with Crippen LogP contribution in [-0.4, -0.2) is 21.6 Å². The number of nitrogens with zero attached hydrogens (tertiary/aromatic N) is 2. The van der Waals surface area contributed by atoms with Crippen LogP contribution in [-0.2, 0) is 0 Å². The van der Waals surface area contributed by atoms with E-state index >= 15 is 0 Å². The molecule has 0 bridgehead atoms. The minimum Gasteiger partial charge on any atom is -0.257 e. The van der Waals surface area contributed by atoms with Crippen LogP contribution in [0, 0.1) is 19.8 Å². The van der Waals surface area contributed by atoms with E-state index in [1.54, 1.807) is 11.8 Å². The number of aryl methyl sites for hydroxylation is 2. The largest absolute Gasteiger partial charge is 0.257 e. The maximum atomic E-state index is 5.73. The van der Waals surface area contributed by atoms with Gasteiger partial charge in [-0.05, 0) is 19.8 Å². The highest BCUT2D eigenvalue weighted by atomic mass is 35.5. The van der Waals surface area contributed by atoms with Gasteiger partial charge in [0, 0.05) is 11.6 Å². The molecule has 1 atom stereocenters. The Morgan fingerprint density at radius 1 is 1.43 bits per heavy atom. The maximum absolute atomic E-state index is 5.73. The van der Waals surface area contributed by atoms with Crippen LogP contribution in [0.2, 0.25) is 0 Å². The summed E-state index contributed by atoms with van der Waals surface area (Å²) >= 11 is 7.44. The van der Waals surface area contributed by atoms with Crippen LogP contribution in [0.1, 0.15) is 18.3 Å². The highest BCUT2D eigenvalue weighted by molar-refractivity contribution is 7.99. The molecule has 0 saturated heterocycles. The molecule has 0 saturated carbocycles. The Balaban J connectivity index is 2.55. The summed E-state index contributed by atoms with van der Waals surface area (Å²) in [5.41, 5.74) is 2.01. The highest BCUT2D eigenvalue weighted by Crippen LogP contribution is 2.19. The van der Waals surface area contributed by atoms with Crippen molar-refractivity contribution >= 4 is 23.4 Å². The van der Waals surface area contributed by atoms with Crippen LogP contribution in [0.25, 0.3) is 0 Å². The van der Waals surface area contributed by atoms with E-state index in [4.69, 9.17) is 11.6 Å². The molecule has 1 aromatic rings. The van der Waals surface area contributed by atoms with Crippen molar-refractivity contribution in [2.45, 2.75) is 25.8 Å². The Bertz CT molecular complexity index is 304. The van der Waals surface area contributed by atoms with Gasteiger partial charge in [0.25, 0.3) is 0 Å². The number of aromatic nitrogens is 2. The van der Waals surface area contributed by atoms with Gasteiger partial charge < -0.3 is 0 Å². The normalized spacial score (nSPS) is 12.9. The summed E-state index contributed by atoms with van der Waals surface area (Å²) in [4.78, 5) is 8.70. The molecular weight excluding hydrogens is 216 g/mol. The van der Waals surface area contributed by atoms with Gasteiger partial charge in [0.2, 0.25) is 0 Å². The van der Waals surface area contributed by atoms with E-state index in [1.807, 2.05) is 20.0 Å². The first kappa shape index (κ1) is 11.8. The topological polar surface area (TPSA) is 25.8 Å². The Hall–Kier alpha value is -0.280. The van der Waals surface area contributed by atoms with Gasteiger partial charge >= 0.3 is 0 Å². The van der Waals surface area contributed by atoms with Crippen molar-refractivity contribution in [3.63, 3.8) is 0 Å². The van der Waals surface area contributed by atoms with Crippen molar-refractivity contribution in [2.24, 2.45) is 5.92 Å². The average Bonchev–Trinajstić information content (AvgIpc) is 2.19. The Labute approximate surface area is 94.5 Å². The summed E-state index contributed by atoms with van der Waals surface area (Å²) < 4.78 is 0. The van der Waals surface area contributed by atoms with Gasteiger partial charge in [-0.2, -0.15) is 0 Å². The maximum Gasteiger partial charge on any atom is 0.115 e. The summed E-state index contributed by atoms with van der Waals surface area (Å²) in [6, 6.07) is 0. The zero-order valence-corrected chi connectivity index (χ0v) is 10.3. The number of thioether (sulfide) groups is 1. The van der Waals surface area contributed by atoms with Crippen LogP contribution < -0.4 is 0 Å². The molecule has 0 aliphatic rings. The second-order valence-electron chi connectivity index (χ2n) is 3.45. The summed E-state index contributed by atoms with van der Waals surface area (Å²) in [5, 5.41) is 0.991. The van der Waals surface area contributed by atoms with Gasteiger partial charge in [-0.25, -0.2) is 4.98 Å². The summed E-state index contributed by atoms with van der Waals surface area (Å²) in [5.74, 6) is 2.22. The molecule has 1 unspecified atom stereocenters. The molecule has 1 aromatic heterocycles. The molecule has 0 N–H and O–H groups in total. The van der Waals surface area contributed by atoms with E-state index in [9.17, 15) is 0 Å². The minimum atomic E-state index is 0.519. The molecule has 1 heterocycles. The predicted octanol–water partition coefficient (Wildman–Crippen LogP) is 3.06. The molecule has 0 spiro atoms. The number of hydrogen-bond acceptors (Lipinski definition) is 3. The zero-order chi connectivity index (χ0) is 10.6. The van der Waals surface area contributed by atoms with Crippen LogP contribution >= 0.6 is 23.4 Å². The lowest BCUT2D eigenvalue weighted by Gasteiger charge is -2.06. The average molecular weight is 231 g/mol. The molecule has 78 valence electrons. The molecule has 0 aromatic carbocycles. The third-order valence-corrected chi connectivity index (χ3v) is 3.70. The third kappa shape index (κ3) is 3.46. The van der Waals surface area contributed by atoms with E-state index in [1.165, 1.54) is 0 Å². The van der Waals surface area contributed by atoms with Crippen LogP contribution in [0.15, 0.2) is 11.2 Å². The van der Waals surface area contributed by atoms with Gasteiger partial charge in [-0.3, -0.25) is 4.98 Å². The fourth-order valence-electron chi connectivity index (χ4n) is 0.862. The quantitative estimate of drug-likeness (QED) is 0.587. The Kier molecular flexibility index (Phi) is 4.69. The lowest BCUT2D eigenvalue weighted by molar-refractivity contribution is 0.757. The molecule has 0 aliphatic heterocycles. The smallest absolute Gasteiger partial charge is 0.115 e. The van der Waals surface area contributed by atoms with Crippen LogP contribution in [0.3, 0.4) is 0 Å². The lowest BCUT2D eigenvalue weighted by atomic mass is 10.3. The molecule has 14 heavy (non-hydrogen) atoms. The van der Waals surface area contributed by atoms with Crippen molar-refractivity contribution in [1.29, 1.82) is 0 Å². The number of halogens is 1. The Morgan fingerprint density at radius 3 is 2.71 bits per heavy atom. The van der Waals surface area contributed by atoms with Gasteiger partial charge in [-0.15, -0.1) is 23.4 Å². The minimum absolute atomic E-state index is 0.519. The molecule has 0 amide bonds. The first-order valence-corrected chi connectivity index (χ1v) is 6.14. The van der Waals surface area contributed by atoms with Crippen molar-refractivity contribution in [1.82, 2.24) is 9.97 Å². The number of rotatable bonds is 4. The summed E-state index contributed by atoms with van der Waals surface area (Å²) in [6.45, 7) is 6.09. The number of alkyl halides is 1. The third-order valence-electron chi connectivity index (χ3n) is 1.95. The molecule has 0 aliphatic carbocycles. The van der Waals surface area contributed by atoms with Crippen molar-refractivity contribution in [3.05, 3.63) is 17.6 Å². The molecule has 0 fully saturated rings. The van der Waals surface area contributed by atoms with Crippen molar-refractivity contribution in [2.75, 3.05) is 11.6 Å². The van der Waals surface area contributed by atoms with E-state index in [-0.39, 0.29) is 0 Å². The first-order valence-electron chi connectivity index (χ1n) is 4.62. The van der Waals surface area contributed by atoms with E-state index in [0.717, 1.165) is 22.2 Å². The van der Waals surface area contributed by atoms with Gasteiger partial charge in [-0.1, -0.05) is 6.92 Å². The van der Waals surface area contributed by atoms with Gasteiger partial charge in [0.05, 0.1) is 17.6 Å². The lowest BCUT2D eigenvalue weighted by Crippen LogP contribution is -2.00. The molecule has 2 nitrogen and oxygen atoms in total. The second-order valence-corrected chi connectivity index (χ2v) is 4.80. The summed E-state index contributed by atoms with van der Waals surface area (Å²) in [7, 11) is 0. The highest BCUT2D eigenvalue weighted by Gasteiger charge is 2.04. The van der Waals surface area contributed by atoms with E-state index < -0.39 is 0 Å².